The largest absolute Gasteiger partial charge is 0.316 e. The Bertz CT molecular complexity index is 316. The monoisotopic (exact) mass is 207 g/mol. The van der Waals surface area contributed by atoms with E-state index in [0.29, 0.717) is 0 Å². The van der Waals surface area contributed by atoms with Gasteiger partial charge in [0.25, 0.3) is 0 Å². The number of aryl methyl sites for hydroxylation is 2. The molecule has 76 valence electrons. The van der Waals surface area contributed by atoms with E-state index in [-0.39, 0.29) is 0 Å². The minimum Gasteiger partial charge on any atom is -0.316 e. The van der Waals surface area contributed by atoms with Crippen LogP contribution < -0.4 is 5.32 Å². The fourth-order valence-electron chi connectivity index (χ4n) is 1.71. The topological polar surface area (TPSA) is 12.0 Å². The number of hydrogen-bond donors (Lipinski definition) is 1. The zero-order valence-electron chi connectivity index (χ0n) is 8.84. The zero-order valence-corrected chi connectivity index (χ0v) is 9.66. The molecule has 1 fully saturated rings. The number of hydrogen-bond acceptors (Lipinski definition) is 2. The fourth-order valence-corrected chi connectivity index (χ4v) is 2.92. The van der Waals surface area contributed by atoms with Crippen LogP contribution in [0.15, 0.2) is 23.1 Å². The lowest BCUT2D eigenvalue weighted by Gasteiger charge is -2.09. The first-order valence-electron chi connectivity index (χ1n) is 5.20. The fraction of sp³-hybridized carbons (Fsp3) is 0.500. The molecule has 0 aliphatic carbocycles. The third-order valence-electron chi connectivity index (χ3n) is 2.80. The molecule has 0 unspecified atom stereocenters. The molecule has 0 saturated carbocycles. The van der Waals surface area contributed by atoms with Gasteiger partial charge in [0.1, 0.15) is 0 Å². The second-order valence-electron chi connectivity index (χ2n) is 3.98. The summed E-state index contributed by atoms with van der Waals surface area (Å²) in [6.07, 6.45) is 1.30. The molecule has 1 heterocycles. The van der Waals surface area contributed by atoms with Crippen molar-refractivity contribution in [2.45, 2.75) is 30.4 Å². The van der Waals surface area contributed by atoms with E-state index in [0.717, 1.165) is 11.8 Å². The molecule has 1 saturated heterocycles. The van der Waals surface area contributed by atoms with Gasteiger partial charge in [-0.1, -0.05) is 6.07 Å². The first kappa shape index (κ1) is 10.1. The molecule has 1 aromatic carbocycles. The van der Waals surface area contributed by atoms with E-state index < -0.39 is 0 Å². The van der Waals surface area contributed by atoms with Gasteiger partial charge >= 0.3 is 0 Å². The van der Waals surface area contributed by atoms with E-state index >= 15 is 0 Å². The summed E-state index contributed by atoms with van der Waals surface area (Å²) in [5, 5.41) is 4.17. The van der Waals surface area contributed by atoms with Gasteiger partial charge in [0.05, 0.1) is 0 Å². The van der Waals surface area contributed by atoms with Gasteiger partial charge in [-0.25, -0.2) is 0 Å². The molecule has 2 heteroatoms. The van der Waals surface area contributed by atoms with Crippen molar-refractivity contribution in [3.05, 3.63) is 29.3 Å². The van der Waals surface area contributed by atoms with E-state index in [2.05, 4.69) is 37.4 Å². The van der Waals surface area contributed by atoms with Crippen LogP contribution in [0.3, 0.4) is 0 Å². The molecule has 0 amide bonds. The van der Waals surface area contributed by atoms with Gasteiger partial charge in [0, 0.05) is 16.7 Å². The Kier molecular flexibility index (Phi) is 3.14. The van der Waals surface area contributed by atoms with Crippen LogP contribution in [0, 0.1) is 13.8 Å². The maximum absolute atomic E-state index is 3.40. The first-order valence-corrected chi connectivity index (χ1v) is 6.08. The van der Waals surface area contributed by atoms with Crippen LogP contribution in [-0.4, -0.2) is 18.3 Å². The molecule has 1 N–H and O–H groups in total. The Hall–Kier alpha value is -0.470. The Morgan fingerprint density at radius 3 is 2.79 bits per heavy atom. The van der Waals surface area contributed by atoms with Crippen molar-refractivity contribution in [3.63, 3.8) is 0 Å². The molecule has 0 radical (unpaired) electrons. The maximum Gasteiger partial charge on any atom is 0.0231 e. The summed E-state index contributed by atoms with van der Waals surface area (Å²) in [6, 6.07) is 6.77. The molecule has 0 aromatic heterocycles. The highest BCUT2D eigenvalue weighted by Crippen LogP contribution is 2.28. The summed E-state index contributed by atoms with van der Waals surface area (Å²) in [5.74, 6) is 0. The highest BCUT2D eigenvalue weighted by atomic mass is 32.2. The van der Waals surface area contributed by atoms with Gasteiger partial charge in [-0.15, -0.1) is 11.8 Å². The summed E-state index contributed by atoms with van der Waals surface area (Å²) < 4.78 is 0. The smallest absolute Gasteiger partial charge is 0.0231 e. The van der Waals surface area contributed by atoms with Crippen LogP contribution in [0.4, 0.5) is 0 Å². The zero-order chi connectivity index (χ0) is 9.97. The highest BCUT2D eigenvalue weighted by Gasteiger charge is 2.15. The molecule has 1 aliphatic rings. The lowest BCUT2D eigenvalue weighted by atomic mass is 10.1. The van der Waals surface area contributed by atoms with E-state index in [4.69, 9.17) is 0 Å². The van der Waals surface area contributed by atoms with Crippen LogP contribution in [0.2, 0.25) is 0 Å². The molecule has 1 aromatic rings. The average molecular weight is 207 g/mol. The molecular weight excluding hydrogens is 190 g/mol. The third-order valence-corrected chi connectivity index (χ3v) is 4.06. The normalized spacial score (nSPS) is 21.4. The standard InChI is InChI=1S/C12H17NS/c1-9-3-4-11(7-10(9)2)14-12-5-6-13-8-12/h3-4,7,12-13H,5-6,8H2,1-2H3/t12-/m1/s1. The number of thioether (sulfide) groups is 1. The Morgan fingerprint density at radius 1 is 1.29 bits per heavy atom. The van der Waals surface area contributed by atoms with Crippen molar-refractivity contribution < 1.29 is 0 Å². The lowest BCUT2D eigenvalue weighted by Crippen LogP contribution is -2.09. The summed E-state index contributed by atoms with van der Waals surface area (Å²) in [6.45, 7) is 6.70. The molecule has 0 bridgehead atoms. The SMILES string of the molecule is Cc1ccc(S[C@@H]2CCNC2)cc1C. The van der Waals surface area contributed by atoms with Crippen molar-refractivity contribution in [3.8, 4) is 0 Å². The van der Waals surface area contributed by atoms with E-state index in [9.17, 15) is 0 Å². The van der Waals surface area contributed by atoms with Gasteiger partial charge in [-0.2, -0.15) is 0 Å². The number of benzene rings is 1. The van der Waals surface area contributed by atoms with Crippen LogP contribution in [-0.2, 0) is 0 Å². The molecule has 0 spiro atoms. The van der Waals surface area contributed by atoms with E-state index in [1.54, 1.807) is 0 Å². The second kappa shape index (κ2) is 4.37. The number of rotatable bonds is 2. The molecule has 1 nitrogen and oxygen atoms in total. The Morgan fingerprint density at radius 2 is 2.14 bits per heavy atom. The molecule has 1 aliphatic heterocycles. The summed E-state index contributed by atoms with van der Waals surface area (Å²) in [7, 11) is 0. The van der Waals surface area contributed by atoms with Crippen LogP contribution >= 0.6 is 11.8 Å². The first-order chi connectivity index (χ1) is 6.75. The summed E-state index contributed by atoms with van der Waals surface area (Å²) >= 11 is 2.01. The molecule has 1 atom stereocenters. The van der Waals surface area contributed by atoms with Gasteiger partial charge < -0.3 is 5.32 Å². The van der Waals surface area contributed by atoms with Crippen LogP contribution in [0.1, 0.15) is 17.5 Å². The Labute approximate surface area is 90.3 Å². The summed E-state index contributed by atoms with van der Waals surface area (Å²) in [5.41, 5.74) is 2.79. The van der Waals surface area contributed by atoms with Gasteiger partial charge in [-0.05, 0) is 50.1 Å². The quantitative estimate of drug-likeness (QED) is 0.800. The third kappa shape index (κ3) is 2.31. The van der Waals surface area contributed by atoms with Crippen molar-refractivity contribution in [1.29, 1.82) is 0 Å². The van der Waals surface area contributed by atoms with Crippen LogP contribution in [0.5, 0.6) is 0 Å². The van der Waals surface area contributed by atoms with E-state index in [1.165, 1.54) is 29.0 Å². The van der Waals surface area contributed by atoms with Crippen molar-refractivity contribution in [2.24, 2.45) is 0 Å². The van der Waals surface area contributed by atoms with Crippen molar-refractivity contribution in [2.75, 3.05) is 13.1 Å². The van der Waals surface area contributed by atoms with Gasteiger partial charge in [-0.3, -0.25) is 0 Å². The highest BCUT2D eigenvalue weighted by molar-refractivity contribution is 8.00. The lowest BCUT2D eigenvalue weighted by molar-refractivity contribution is 0.858. The Balaban J connectivity index is 2.05. The minimum atomic E-state index is 0.775. The molecule has 14 heavy (non-hydrogen) atoms. The number of nitrogens with one attached hydrogen (secondary N) is 1. The van der Waals surface area contributed by atoms with Crippen molar-refractivity contribution >= 4 is 11.8 Å². The minimum absolute atomic E-state index is 0.775. The second-order valence-corrected chi connectivity index (χ2v) is 5.35. The maximum atomic E-state index is 3.40. The predicted octanol–water partition coefficient (Wildman–Crippen LogP) is 2.76. The van der Waals surface area contributed by atoms with E-state index in [1.807, 2.05) is 11.8 Å². The predicted molar refractivity (Wildman–Crippen MR) is 63.0 cm³/mol. The summed E-state index contributed by atoms with van der Waals surface area (Å²) in [4.78, 5) is 1.42. The van der Waals surface area contributed by atoms with Gasteiger partial charge in [0.2, 0.25) is 0 Å². The molecular formula is C12H17NS. The average Bonchev–Trinajstić information content (AvgIpc) is 2.64. The van der Waals surface area contributed by atoms with Gasteiger partial charge in [0.15, 0.2) is 0 Å². The van der Waals surface area contributed by atoms with Crippen LogP contribution in [0.25, 0.3) is 0 Å². The molecule has 2 rings (SSSR count). The van der Waals surface area contributed by atoms with Crippen molar-refractivity contribution in [1.82, 2.24) is 5.32 Å².